The summed E-state index contributed by atoms with van der Waals surface area (Å²) in [6, 6.07) is 8.18. The number of alkyl halides is 1. The minimum Gasteiger partial charge on any atom is -0.239 e. The molecule has 1 heterocycles. The van der Waals surface area contributed by atoms with E-state index in [9.17, 15) is 0 Å². The maximum absolute atomic E-state index is 5.91. The SMILES string of the molecule is Cc1ccccc1-c1cnc(C(C)Cl)nc1. The summed E-state index contributed by atoms with van der Waals surface area (Å²) >= 11 is 5.91. The molecule has 0 aliphatic rings. The molecule has 2 aromatic rings. The van der Waals surface area contributed by atoms with E-state index in [1.54, 1.807) is 0 Å². The maximum atomic E-state index is 5.91. The Bertz CT molecular complexity index is 478. The smallest absolute Gasteiger partial charge is 0.145 e. The van der Waals surface area contributed by atoms with Crippen molar-refractivity contribution < 1.29 is 0 Å². The van der Waals surface area contributed by atoms with Crippen LogP contribution in [0.4, 0.5) is 0 Å². The van der Waals surface area contributed by atoms with Gasteiger partial charge in [0.15, 0.2) is 0 Å². The third-order valence-corrected chi connectivity index (χ3v) is 2.68. The zero-order chi connectivity index (χ0) is 11.5. The third kappa shape index (κ3) is 2.22. The predicted octanol–water partition coefficient (Wildman–Crippen LogP) is 3.75. The zero-order valence-electron chi connectivity index (χ0n) is 9.31. The van der Waals surface area contributed by atoms with Crippen LogP contribution in [0.1, 0.15) is 23.7 Å². The van der Waals surface area contributed by atoms with Crippen molar-refractivity contribution in [2.75, 3.05) is 0 Å². The van der Waals surface area contributed by atoms with Crippen molar-refractivity contribution in [3.63, 3.8) is 0 Å². The minimum atomic E-state index is -0.147. The first-order valence-corrected chi connectivity index (χ1v) is 5.64. The molecule has 1 aromatic carbocycles. The van der Waals surface area contributed by atoms with Crippen molar-refractivity contribution in [1.29, 1.82) is 0 Å². The van der Waals surface area contributed by atoms with Gasteiger partial charge in [0.25, 0.3) is 0 Å². The Morgan fingerprint density at radius 1 is 1.12 bits per heavy atom. The molecule has 2 nitrogen and oxygen atoms in total. The molecule has 1 unspecified atom stereocenters. The molecule has 0 N–H and O–H groups in total. The molecular formula is C13H13ClN2. The Morgan fingerprint density at radius 3 is 2.31 bits per heavy atom. The second-order valence-corrected chi connectivity index (χ2v) is 4.42. The van der Waals surface area contributed by atoms with Gasteiger partial charge in [0, 0.05) is 18.0 Å². The number of nitrogens with zero attached hydrogens (tertiary/aromatic N) is 2. The van der Waals surface area contributed by atoms with Gasteiger partial charge in [0.2, 0.25) is 0 Å². The summed E-state index contributed by atoms with van der Waals surface area (Å²) in [7, 11) is 0. The summed E-state index contributed by atoms with van der Waals surface area (Å²) in [4.78, 5) is 8.51. The van der Waals surface area contributed by atoms with Crippen LogP contribution >= 0.6 is 11.6 Å². The lowest BCUT2D eigenvalue weighted by atomic mass is 10.0. The van der Waals surface area contributed by atoms with Gasteiger partial charge in [-0.25, -0.2) is 9.97 Å². The largest absolute Gasteiger partial charge is 0.239 e. The minimum absolute atomic E-state index is 0.147. The monoisotopic (exact) mass is 232 g/mol. The third-order valence-electron chi connectivity index (χ3n) is 2.48. The average molecular weight is 233 g/mol. The molecule has 1 aromatic heterocycles. The van der Waals surface area contributed by atoms with Crippen molar-refractivity contribution in [3.05, 3.63) is 48.0 Å². The molecule has 0 aliphatic carbocycles. The van der Waals surface area contributed by atoms with Gasteiger partial charge in [-0.1, -0.05) is 24.3 Å². The van der Waals surface area contributed by atoms with Crippen molar-refractivity contribution in [2.45, 2.75) is 19.2 Å². The second-order valence-electron chi connectivity index (χ2n) is 3.76. The van der Waals surface area contributed by atoms with Crippen LogP contribution in [0.2, 0.25) is 0 Å². The molecule has 1 atom stereocenters. The standard InChI is InChI=1S/C13H13ClN2/c1-9-5-3-4-6-12(9)11-7-15-13(10(2)14)16-8-11/h3-8,10H,1-2H3. The summed E-state index contributed by atoms with van der Waals surface area (Å²) in [6.07, 6.45) is 3.65. The van der Waals surface area contributed by atoms with E-state index in [4.69, 9.17) is 11.6 Å². The molecule has 0 aliphatic heterocycles. The molecule has 0 saturated heterocycles. The van der Waals surface area contributed by atoms with E-state index in [2.05, 4.69) is 29.0 Å². The van der Waals surface area contributed by atoms with E-state index >= 15 is 0 Å². The van der Waals surface area contributed by atoms with Crippen molar-refractivity contribution in [1.82, 2.24) is 9.97 Å². The van der Waals surface area contributed by atoms with Crippen molar-refractivity contribution >= 4 is 11.6 Å². The Balaban J connectivity index is 2.39. The van der Waals surface area contributed by atoms with E-state index in [0.29, 0.717) is 5.82 Å². The number of rotatable bonds is 2. The van der Waals surface area contributed by atoms with Crippen molar-refractivity contribution in [2.24, 2.45) is 0 Å². The number of aromatic nitrogens is 2. The van der Waals surface area contributed by atoms with Gasteiger partial charge in [-0.3, -0.25) is 0 Å². The molecule has 0 bridgehead atoms. The van der Waals surface area contributed by atoms with E-state index in [1.807, 2.05) is 31.5 Å². The van der Waals surface area contributed by atoms with E-state index < -0.39 is 0 Å². The fourth-order valence-corrected chi connectivity index (χ4v) is 1.69. The summed E-state index contributed by atoms with van der Waals surface area (Å²) in [6.45, 7) is 3.94. The number of aryl methyl sites for hydroxylation is 1. The molecule has 16 heavy (non-hydrogen) atoms. The van der Waals surface area contributed by atoms with Crippen molar-refractivity contribution in [3.8, 4) is 11.1 Å². The Kier molecular flexibility index (Phi) is 3.20. The second kappa shape index (κ2) is 4.62. The highest BCUT2D eigenvalue weighted by atomic mass is 35.5. The van der Waals surface area contributed by atoms with Crippen LogP contribution in [0.3, 0.4) is 0 Å². The normalized spacial score (nSPS) is 12.4. The van der Waals surface area contributed by atoms with Crippen LogP contribution in [0.5, 0.6) is 0 Å². The van der Waals surface area contributed by atoms with Crippen LogP contribution < -0.4 is 0 Å². The molecule has 2 rings (SSSR count). The maximum Gasteiger partial charge on any atom is 0.145 e. The fraction of sp³-hybridized carbons (Fsp3) is 0.231. The fourth-order valence-electron chi connectivity index (χ4n) is 1.58. The van der Waals surface area contributed by atoms with E-state index in [0.717, 1.165) is 11.1 Å². The van der Waals surface area contributed by atoms with Gasteiger partial charge in [0.1, 0.15) is 5.82 Å². The van der Waals surface area contributed by atoms with E-state index in [-0.39, 0.29) is 5.38 Å². The van der Waals surface area contributed by atoms with Crippen LogP contribution in [0.25, 0.3) is 11.1 Å². The number of halogens is 1. The Morgan fingerprint density at radius 2 is 1.75 bits per heavy atom. The number of hydrogen-bond donors (Lipinski definition) is 0. The van der Waals surface area contributed by atoms with Crippen LogP contribution in [0.15, 0.2) is 36.7 Å². The summed E-state index contributed by atoms with van der Waals surface area (Å²) < 4.78 is 0. The predicted molar refractivity (Wildman–Crippen MR) is 66.5 cm³/mol. The molecule has 0 saturated carbocycles. The van der Waals surface area contributed by atoms with Crippen LogP contribution in [-0.2, 0) is 0 Å². The number of benzene rings is 1. The van der Waals surface area contributed by atoms with Gasteiger partial charge < -0.3 is 0 Å². The van der Waals surface area contributed by atoms with Gasteiger partial charge in [-0.15, -0.1) is 11.6 Å². The molecule has 0 spiro atoms. The lowest BCUT2D eigenvalue weighted by molar-refractivity contribution is 0.911. The molecule has 0 amide bonds. The lowest BCUT2D eigenvalue weighted by Gasteiger charge is -2.06. The lowest BCUT2D eigenvalue weighted by Crippen LogP contribution is -1.95. The van der Waals surface area contributed by atoms with Gasteiger partial charge >= 0.3 is 0 Å². The first-order chi connectivity index (χ1) is 7.68. The summed E-state index contributed by atoms with van der Waals surface area (Å²) in [5.74, 6) is 0.666. The van der Waals surface area contributed by atoms with E-state index in [1.165, 1.54) is 5.56 Å². The highest BCUT2D eigenvalue weighted by Crippen LogP contribution is 2.22. The van der Waals surface area contributed by atoms with Crippen LogP contribution in [-0.4, -0.2) is 9.97 Å². The Labute approximate surface area is 100 Å². The molecule has 3 heteroatoms. The van der Waals surface area contributed by atoms with Gasteiger partial charge in [-0.05, 0) is 25.0 Å². The first kappa shape index (κ1) is 11.1. The zero-order valence-corrected chi connectivity index (χ0v) is 10.1. The molecule has 82 valence electrons. The van der Waals surface area contributed by atoms with Gasteiger partial charge in [0.05, 0.1) is 5.38 Å². The van der Waals surface area contributed by atoms with Crippen LogP contribution in [0, 0.1) is 6.92 Å². The summed E-state index contributed by atoms with van der Waals surface area (Å²) in [5.41, 5.74) is 3.41. The number of hydrogen-bond acceptors (Lipinski definition) is 2. The highest BCUT2D eigenvalue weighted by molar-refractivity contribution is 6.20. The first-order valence-electron chi connectivity index (χ1n) is 5.20. The quantitative estimate of drug-likeness (QED) is 0.737. The highest BCUT2D eigenvalue weighted by Gasteiger charge is 2.06. The average Bonchev–Trinajstić information content (AvgIpc) is 2.30. The molecule has 0 fully saturated rings. The topological polar surface area (TPSA) is 25.8 Å². The molecule has 0 radical (unpaired) electrons. The van der Waals surface area contributed by atoms with Gasteiger partial charge in [-0.2, -0.15) is 0 Å². The summed E-state index contributed by atoms with van der Waals surface area (Å²) in [5, 5.41) is -0.147. The Hall–Kier alpha value is -1.41. The molecular weight excluding hydrogens is 220 g/mol.